The summed E-state index contributed by atoms with van der Waals surface area (Å²) in [6.45, 7) is 0.110. The molecule has 8 N–H and O–H groups in total. The quantitative estimate of drug-likeness (QED) is 0.192. The Labute approximate surface area is 149 Å². The van der Waals surface area contributed by atoms with Gasteiger partial charge in [-0.25, -0.2) is 0 Å². The van der Waals surface area contributed by atoms with Crippen LogP contribution in [0, 0.1) is 11.8 Å². The van der Waals surface area contributed by atoms with Crippen LogP contribution < -0.4 is 16.8 Å². The van der Waals surface area contributed by atoms with Gasteiger partial charge in [0.2, 0.25) is 11.8 Å². The standard InChI is InChI=1S/C15H25N3O8/c1-7(20)10(15(25)26)4-9(21)2-8(3-13(17)23)14(24)18-5-12(22)11(16)6-19/h7-8,10-11,19-20H,2-6,16H2,1H3,(H2,17,23)(H,18,24)(H,25,26)/t7?,8-,10+,11-/m0/s1. The maximum atomic E-state index is 12.1. The lowest BCUT2D eigenvalue weighted by Gasteiger charge is -2.18. The number of hydrogen-bond donors (Lipinski definition) is 6. The third-order valence-corrected chi connectivity index (χ3v) is 3.69. The summed E-state index contributed by atoms with van der Waals surface area (Å²) in [5, 5.41) is 29.3. The summed E-state index contributed by atoms with van der Waals surface area (Å²) in [5.74, 6) is -6.87. The molecule has 4 atom stereocenters. The van der Waals surface area contributed by atoms with E-state index < -0.39 is 85.7 Å². The van der Waals surface area contributed by atoms with Gasteiger partial charge in [0.05, 0.1) is 37.1 Å². The highest BCUT2D eigenvalue weighted by Crippen LogP contribution is 2.16. The van der Waals surface area contributed by atoms with Crippen molar-refractivity contribution in [2.45, 2.75) is 38.3 Å². The third-order valence-electron chi connectivity index (χ3n) is 3.69. The lowest BCUT2D eigenvalue weighted by atomic mass is 9.90. The number of carboxylic acid groups (broad SMARTS) is 1. The Balaban J connectivity index is 4.90. The van der Waals surface area contributed by atoms with Crippen molar-refractivity contribution in [2.24, 2.45) is 23.3 Å². The Bertz CT molecular complexity index is 549. The summed E-state index contributed by atoms with van der Waals surface area (Å²) in [6, 6.07) is -1.17. The molecule has 11 nitrogen and oxygen atoms in total. The smallest absolute Gasteiger partial charge is 0.309 e. The van der Waals surface area contributed by atoms with Gasteiger partial charge in [-0.05, 0) is 6.92 Å². The molecule has 0 aliphatic carbocycles. The van der Waals surface area contributed by atoms with E-state index >= 15 is 0 Å². The van der Waals surface area contributed by atoms with Gasteiger partial charge in [-0.3, -0.25) is 24.0 Å². The highest BCUT2D eigenvalue weighted by Gasteiger charge is 2.30. The number of hydrogen-bond acceptors (Lipinski definition) is 8. The average molecular weight is 375 g/mol. The number of carbonyl (C=O) groups is 5. The molecule has 0 aromatic rings. The number of rotatable bonds is 13. The second-order valence-electron chi connectivity index (χ2n) is 5.97. The van der Waals surface area contributed by atoms with Gasteiger partial charge >= 0.3 is 5.97 Å². The first kappa shape index (κ1) is 23.6. The van der Waals surface area contributed by atoms with E-state index in [1.807, 2.05) is 0 Å². The number of nitrogens with two attached hydrogens (primary N) is 2. The van der Waals surface area contributed by atoms with Gasteiger partial charge in [0, 0.05) is 19.3 Å². The van der Waals surface area contributed by atoms with Crippen LogP contribution in [0.4, 0.5) is 0 Å². The molecule has 1 unspecified atom stereocenters. The molecule has 0 radical (unpaired) electrons. The summed E-state index contributed by atoms with van der Waals surface area (Å²) in [4.78, 5) is 57.7. The van der Waals surface area contributed by atoms with Crippen molar-refractivity contribution in [3.63, 3.8) is 0 Å². The molecule has 0 aliphatic heterocycles. The average Bonchev–Trinajstić information content (AvgIpc) is 2.54. The van der Waals surface area contributed by atoms with Crippen LogP contribution in [0.25, 0.3) is 0 Å². The maximum Gasteiger partial charge on any atom is 0.309 e. The number of amides is 2. The zero-order valence-electron chi connectivity index (χ0n) is 14.4. The zero-order valence-corrected chi connectivity index (χ0v) is 14.4. The molecule has 148 valence electrons. The van der Waals surface area contributed by atoms with Crippen LogP contribution in [0.15, 0.2) is 0 Å². The van der Waals surface area contributed by atoms with Crippen molar-refractivity contribution in [3.05, 3.63) is 0 Å². The number of ketones is 2. The van der Waals surface area contributed by atoms with Gasteiger partial charge in [0.25, 0.3) is 0 Å². The fourth-order valence-electron chi connectivity index (χ4n) is 2.12. The normalized spacial score (nSPS) is 15.4. The summed E-state index contributed by atoms with van der Waals surface area (Å²) in [6.07, 6.45) is -2.77. The topological polar surface area (TPSA) is 210 Å². The molecule has 11 heteroatoms. The SMILES string of the molecule is CC(O)[C@@H](CC(=O)C[C@@H](CC(N)=O)C(=O)NCC(=O)[C@@H](N)CO)C(=O)O. The molecule has 0 saturated heterocycles. The fourth-order valence-corrected chi connectivity index (χ4v) is 2.12. The monoisotopic (exact) mass is 375 g/mol. The lowest BCUT2D eigenvalue weighted by Crippen LogP contribution is -2.44. The van der Waals surface area contributed by atoms with E-state index in [0.29, 0.717) is 0 Å². The number of carbonyl (C=O) groups excluding carboxylic acids is 4. The predicted molar refractivity (Wildman–Crippen MR) is 87.4 cm³/mol. The van der Waals surface area contributed by atoms with Crippen molar-refractivity contribution < 1.29 is 39.3 Å². The first-order valence-corrected chi connectivity index (χ1v) is 7.87. The molecule has 0 aromatic carbocycles. The number of carboxylic acids is 1. The summed E-state index contributed by atoms with van der Waals surface area (Å²) in [7, 11) is 0. The van der Waals surface area contributed by atoms with Crippen LogP contribution in [-0.2, 0) is 24.0 Å². The molecule has 0 saturated carbocycles. The van der Waals surface area contributed by atoms with E-state index in [1.54, 1.807) is 0 Å². The Kier molecular flexibility index (Phi) is 10.3. The molecule has 0 rings (SSSR count). The van der Waals surface area contributed by atoms with E-state index in [1.165, 1.54) is 6.92 Å². The van der Waals surface area contributed by atoms with E-state index in [2.05, 4.69) is 5.32 Å². The summed E-state index contributed by atoms with van der Waals surface area (Å²) in [5.41, 5.74) is 10.3. The Morgan fingerprint density at radius 2 is 1.65 bits per heavy atom. The lowest BCUT2D eigenvalue weighted by molar-refractivity contribution is -0.148. The van der Waals surface area contributed by atoms with Gasteiger partial charge in [-0.2, -0.15) is 0 Å². The van der Waals surface area contributed by atoms with Crippen molar-refractivity contribution in [2.75, 3.05) is 13.2 Å². The summed E-state index contributed by atoms with van der Waals surface area (Å²) < 4.78 is 0. The second kappa shape index (κ2) is 11.3. The molecule has 0 fully saturated rings. The number of aliphatic carboxylic acids is 1. The van der Waals surface area contributed by atoms with Crippen molar-refractivity contribution in [1.29, 1.82) is 0 Å². The zero-order chi connectivity index (χ0) is 20.4. The van der Waals surface area contributed by atoms with Crippen molar-refractivity contribution in [3.8, 4) is 0 Å². The molecule has 0 aliphatic rings. The number of primary amides is 1. The van der Waals surface area contributed by atoms with Crippen molar-refractivity contribution in [1.82, 2.24) is 5.32 Å². The minimum absolute atomic E-state index is 0.481. The van der Waals surface area contributed by atoms with Crippen LogP contribution in [0.5, 0.6) is 0 Å². The Morgan fingerprint density at radius 1 is 1.08 bits per heavy atom. The van der Waals surface area contributed by atoms with Crippen LogP contribution in [-0.4, -0.2) is 70.0 Å². The first-order valence-electron chi connectivity index (χ1n) is 7.87. The maximum absolute atomic E-state index is 12.1. The predicted octanol–water partition coefficient (Wildman–Crippen LogP) is -3.09. The molecule has 0 bridgehead atoms. The summed E-state index contributed by atoms with van der Waals surface area (Å²) >= 11 is 0. The van der Waals surface area contributed by atoms with Crippen LogP contribution in [0.1, 0.15) is 26.2 Å². The minimum atomic E-state index is -1.37. The third kappa shape index (κ3) is 8.65. The van der Waals surface area contributed by atoms with Gasteiger partial charge in [0.15, 0.2) is 5.78 Å². The number of Topliss-reactive ketones (excluding diaryl/α,β-unsaturated/α-hetero) is 2. The van der Waals surface area contributed by atoms with Crippen molar-refractivity contribution >= 4 is 29.4 Å². The van der Waals surface area contributed by atoms with Gasteiger partial charge in [-0.15, -0.1) is 0 Å². The van der Waals surface area contributed by atoms with E-state index in [4.69, 9.17) is 21.7 Å². The first-order chi connectivity index (χ1) is 12.0. The van der Waals surface area contributed by atoms with E-state index in [0.717, 1.165) is 0 Å². The van der Waals surface area contributed by atoms with Gasteiger partial charge in [-0.1, -0.05) is 0 Å². The number of aliphatic hydroxyl groups is 2. The highest BCUT2D eigenvalue weighted by atomic mass is 16.4. The number of nitrogens with one attached hydrogen (secondary N) is 1. The van der Waals surface area contributed by atoms with Gasteiger partial charge < -0.3 is 32.1 Å². The van der Waals surface area contributed by atoms with Gasteiger partial charge in [0.1, 0.15) is 5.78 Å². The Morgan fingerprint density at radius 3 is 2.08 bits per heavy atom. The van der Waals surface area contributed by atoms with Crippen LogP contribution in [0.2, 0.25) is 0 Å². The molecule has 0 heterocycles. The van der Waals surface area contributed by atoms with E-state index in [-0.39, 0.29) is 0 Å². The molecule has 0 spiro atoms. The molecular weight excluding hydrogens is 350 g/mol. The fraction of sp³-hybridized carbons (Fsp3) is 0.667. The molecule has 26 heavy (non-hydrogen) atoms. The largest absolute Gasteiger partial charge is 0.481 e. The second-order valence-corrected chi connectivity index (χ2v) is 5.97. The number of aliphatic hydroxyl groups excluding tert-OH is 2. The highest BCUT2D eigenvalue weighted by molar-refractivity contribution is 5.94. The Hall–Kier alpha value is -2.37. The van der Waals surface area contributed by atoms with Crippen LogP contribution in [0.3, 0.4) is 0 Å². The molecule has 2 amide bonds. The minimum Gasteiger partial charge on any atom is -0.481 e. The van der Waals surface area contributed by atoms with Crippen LogP contribution >= 0.6 is 0 Å². The molecular formula is C15H25N3O8. The molecule has 0 aromatic heterocycles. The van der Waals surface area contributed by atoms with E-state index in [9.17, 15) is 29.1 Å².